The second kappa shape index (κ2) is 5.06. The van der Waals surface area contributed by atoms with Gasteiger partial charge in [-0.25, -0.2) is 0 Å². The molecule has 2 N–H and O–H groups in total. The number of fused-ring (bicyclic) bond motifs is 2. The second-order valence-corrected chi connectivity index (χ2v) is 6.01. The van der Waals surface area contributed by atoms with E-state index in [-0.39, 0.29) is 0 Å². The Morgan fingerprint density at radius 2 is 2.00 bits per heavy atom. The summed E-state index contributed by atoms with van der Waals surface area (Å²) in [7, 11) is 0. The molecule has 0 atom stereocenters. The van der Waals surface area contributed by atoms with E-state index in [1.807, 2.05) is 12.1 Å². The molecule has 2 aliphatic rings. The zero-order chi connectivity index (χ0) is 14.2. The number of aromatic nitrogens is 3. The van der Waals surface area contributed by atoms with E-state index >= 15 is 0 Å². The van der Waals surface area contributed by atoms with Crippen LogP contribution in [0.4, 0.5) is 11.4 Å². The minimum absolute atomic E-state index is 0.837. The van der Waals surface area contributed by atoms with Crippen LogP contribution in [0.2, 0.25) is 0 Å². The number of nitrogen functional groups attached to an aromatic ring is 1. The molecular weight excluding hydrogens is 262 g/mol. The lowest BCUT2D eigenvalue weighted by Gasteiger charge is -2.32. The molecular formula is C16H21N5. The molecule has 0 aliphatic carbocycles. The quantitative estimate of drug-likeness (QED) is 0.858. The van der Waals surface area contributed by atoms with Crippen molar-refractivity contribution in [2.24, 2.45) is 0 Å². The van der Waals surface area contributed by atoms with Crippen LogP contribution in [-0.2, 0) is 25.9 Å². The lowest BCUT2D eigenvalue weighted by molar-refractivity contribution is 0.503. The molecule has 4 rings (SSSR count). The van der Waals surface area contributed by atoms with Gasteiger partial charge in [-0.05, 0) is 43.4 Å². The van der Waals surface area contributed by atoms with Gasteiger partial charge in [0.15, 0.2) is 5.82 Å². The van der Waals surface area contributed by atoms with Gasteiger partial charge in [0.2, 0.25) is 0 Å². The van der Waals surface area contributed by atoms with Gasteiger partial charge < -0.3 is 15.2 Å². The Bertz CT molecular complexity index is 661. The smallest absolute Gasteiger partial charge is 0.152 e. The Balaban J connectivity index is 1.64. The van der Waals surface area contributed by atoms with Crippen LogP contribution in [0.3, 0.4) is 0 Å². The maximum atomic E-state index is 6.13. The number of rotatable bonds is 2. The highest BCUT2D eigenvalue weighted by atomic mass is 15.3. The first-order valence-electron chi connectivity index (χ1n) is 7.86. The molecule has 0 unspecified atom stereocenters. The fourth-order valence-corrected chi connectivity index (χ4v) is 3.55. The largest absolute Gasteiger partial charge is 0.398 e. The molecule has 0 saturated heterocycles. The van der Waals surface area contributed by atoms with Crippen LogP contribution < -0.4 is 10.6 Å². The molecule has 2 aromatic rings. The molecule has 0 bridgehead atoms. The topological polar surface area (TPSA) is 60.0 Å². The third kappa shape index (κ3) is 2.17. The lowest BCUT2D eigenvalue weighted by Crippen LogP contribution is -2.31. The van der Waals surface area contributed by atoms with Gasteiger partial charge in [0, 0.05) is 30.9 Å². The van der Waals surface area contributed by atoms with Gasteiger partial charge in [-0.3, -0.25) is 0 Å². The minimum atomic E-state index is 0.837. The third-order valence-corrected chi connectivity index (χ3v) is 4.65. The van der Waals surface area contributed by atoms with Gasteiger partial charge in [-0.2, -0.15) is 0 Å². The first-order valence-corrected chi connectivity index (χ1v) is 7.86. The summed E-state index contributed by atoms with van der Waals surface area (Å²) in [4.78, 5) is 2.40. The highest BCUT2D eigenvalue weighted by Crippen LogP contribution is 2.32. The molecule has 21 heavy (non-hydrogen) atoms. The van der Waals surface area contributed by atoms with Crippen LogP contribution >= 0.6 is 0 Å². The molecule has 0 fully saturated rings. The van der Waals surface area contributed by atoms with Crippen molar-refractivity contribution < 1.29 is 0 Å². The molecule has 5 heteroatoms. The monoisotopic (exact) mass is 283 g/mol. The second-order valence-electron chi connectivity index (χ2n) is 6.01. The maximum Gasteiger partial charge on any atom is 0.152 e. The zero-order valence-corrected chi connectivity index (χ0v) is 12.3. The molecule has 2 aliphatic heterocycles. The van der Waals surface area contributed by atoms with Crippen LogP contribution in [0, 0.1) is 0 Å². The molecule has 0 saturated carbocycles. The van der Waals surface area contributed by atoms with Gasteiger partial charge in [-0.1, -0.05) is 6.07 Å². The fourth-order valence-electron chi connectivity index (χ4n) is 3.55. The van der Waals surface area contributed by atoms with E-state index in [0.717, 1.165) is 56.2 Å². The van der Waals surface area contributed by atoms with E-state index in [2.05, 4.69) is 25.7 Å². The highest BCUT2D eigenvalue weighted by Gasteiger charge is 2.22. The van der Waals surface area contributed by atoms with Crippen molar-refractivity contribution in [3.8, 4) is 0 Å². The molecule has 1 aromatic heterocycles. The summed E-state index contributed by atoms with van der Waals surface area (Å²) in [5.74, 6) is 2.25. The van der Waals surface area contributed by atoms with E-state index in [9.17, 15) is 0 Å². The average molecular weight is 283 g/mol. The van der Waals surface area contributed by atoms with Crippen molar-refractivity contribution in [2.45, 2.75) is 45.2 Å². The number of anilines is 2. The van der Waals surface area contributed by atoms with Crippen LogP contribution in [0.1, 0.15) is 36.5 Å². The van der Waals surface area contributed by atoms with Crippen molar-refractivity contribution in [1.29, 1.82) is 0 Å². The number of nitrogens with two attached hydrogens (primary N) is 1. The predicted molar refractivity (Wildman–Crippen MR) is 83.2 cm³/mol. The average Bonchev–Trinajstić information content (AvgIpc) is 2.92. The molecule has 110 valence electrons. The Labute approximate surface area is 124 Å². The van der Waals surface area contributed by atoms with Crippen LogP contribution in [0.15, 0.2) is 18.2 Å². The van der Waals surface area contributed by atoms with Gasteiger partial charge >= 0.3 is 0 Å². The number of hydrogen-bond acceptors (Lipinski definition) is 4. The molecule has 3 heterocycles. The van der Waals surface area contributed by atoms with Crippen molar-refractivity contribution in [2.75, 3.05) is 17.2 Å². The van der Waals surface area contributed by atoms with E-state index in [1.165, 1.54) is 24.1 Å². The van der Waals surface area contributed by atoms with Crippen molar-refractivity contribution in [1.82, 2.24) is 14.8 Å². The fraction of sp³-hybridized carbons (Fsp3) is 0.500. The van der Waals surface area contributed by atoms with Crippen molar-refractivity contribution >= 4 is 11.4 Å². The summed E-state index contributed by atoms with van der Waals surface area (Å²) in [6.45, 7) is 2.97. The molecule has 0 amide bonds. The van der Waals surface area contributed by atoms with E-state index in [1.54, 1.807) is 0 Å². The molecule has 1 aromatic carbocycles. The summed E-state index contributed by atoms with van der Waals surface area (Å²) in [5, 5.41) is 8.78. The lowest BCUT2D eigenvalue weighted by atomic mass is 10.00. The molecule has 5 nitrogen and oxygen atoms in total. The van der Waals surface area contributed by atoms with Crippen LogP contribution in [0.25, 0.3) is 0 Å². The molecule has 0 spiro atoms. The SMILES string of the molecule is Nc1cccc2c1CCCN2Cc1nnc2n1CCCC2. The number of aryl methyl sites for hydroxylation is 1. The van der Waals surface area contributed by atoms with Gasteiger partial charge in [0.25, 0.3) is 0 Å². The van der Waals surface area contributed by atoms with Gasteiger partial charge in [0.1, 0.15) is 5.82 Å². The minimum Gasteiger partial charge on any atom is -0.398 e. The first kappa shape index (κ1) is 12.7. The van der Waals surface area contributed by atoms with Crippen molar-refractivity contribution in [3.63, 3.8) is 0 Å². The first-order chi connectivity index (χ1) is 10.3. The number of hydrogen-bond donors (Lipinski definition) is 1. The maximum absolute atomic E-state index is 6.13. The summed E-state index contributed by atoms with van der Waals surface area (Å²) >= 11 is 0. The predicted octanol–water partition coefficient (Wildman–Crippen LogP) is 2.15. The highest BCUT2D eigenvalue weighted by molar-refractivity contribution is 5.66. The van der Waals surface area contributed by atoms with Gasteiger partial charge in [-0.15, -0.1) is 10.2 Å². The Hall–Kier alpha value is -2.04. The number of nitrogens with zero attached hydrogens (tertiary/aromatic N) is 4. The Kier molecular flexibility index (Phi) is 3.05. The van der Waals surface area contributed by atoms with Crippen molar-refractivity contribution in [3.05, 3.63) is 35.4 Å². The Morgan fingerprint density at radius 1 is 1.05 bits per heavy atom. The zero-order valence-electron chi connectivity index (χ0n) is 12.3. The number of benzene rings is 1. The summed E-state index contributed by atoms with van der Waals surface area (Å²) < 4.78 is 2.31. The third-order valence-electron chi connectivity index (χ3n) is 4.65. The van der Waals surface area contributed by atoms with Crippen LogP contribution in [0.5, 0.6) is 0 Å². The Morgan fingerprint density at radius 3 is 2.95 bits per heavy atom. The van der Waals surface area contributed by atoms with E-state index in [4.69, 9.17) is 5.73 Å². The van der Waals surface area contributed by atoms with E-state index in [0.29, 0.717) is 0 Å². The summed E-state index contributed by atoms with van der Waals surface area (Å²) in [6, 6.07) is 6.23. The standard InChI is InChI=1S/C16H21N5/c17-13-6-3-7-14-12(13)5-4-9-20(14)11-16-19-18-15-8-1-2-10-21(15)16/h3,6-7H,1-2,4-5,8-11,17H2. The summed E-state index contributed by atoms with van der Waals surface area (Å²) in [6.07, 6.45) is 5.78. The van der Waals surface area contributed by atoms with E-state index < -0.39 is 0 Å². The normalized spacial score (nSPS) is 17.4. The van der Waals surface area contributed by atoms with Gasteiger partial charge in [0.05, 0.1) is 6.54 Å². The summed E-state index contributed by atoms with van der Waals surface area (Å²) in [5.41, 5.74) is 9.61. The molecule has 0 radical (unpaired) electrons. The van der Waals surface area contributed by atoms with Crippen LogP contribution in [-0.4, -0.2) is 21.3 Å².